The van der Waals surface area contributed by atoms with Gasteiger partial charge in [0.25, 0.3) is 0 Å². The third-order valence-corrected chi connectivity index (χ3v) is 6.86. The van der Waals surface area contributed by atoms with Crippen molar-refractivity contribution in [3.8, 4) is 17.2 Å². The van der Waals surface area contributed by atoms with E-state index in [2.05, 4.69) is 31.0 Å². The molecule has 0 spiro atoms. The summed E-state index contributed by atoms with van der Waals surface area (Å²) in [5.74, 6) is -0.188. The summed E-state index contributed by atoms with van der Waals surface area (Å²) in [6.07, 6.45) is 5.97. The summed E-state index contributed by atoms with van der Waals surface area (Å²) in [7, 11) is 0. The molecular weight excluding hydrogens is 400 g/mol. The molecule has 1 N–H and O–H groups in total. The van der Waals surface area contributed by atoms with Crippen LogP contribution in [0, 0.1) is 35.0 Å². The van der Waals surface area contributed by atoms with E-state index in [1.165, 1.54) is 0 Å². The normalized spacial score (nSPS) is 31.3. The average Bonchev–Trinajstić information content (AvgIpc) is 3.03. The van der Waals surface area contributed by atoms with Gasteiger partial charge in [0.15, 0.2) is 5.60 Å². The predicted molar refractivity (Wildman–Crippen MR) is 125 cm³/mol. The van der Waals surface area contributed by atoms with Gasteiger partial charge in [0.1, 0.15) is 6.10 Å². The summed E-state index contributed by atoms with van der Waals surface area (Å²) in [5, 5.41) is 20.1. The number of pyridine rings is 1. The maximum Gasteiger partial charge on any atom is 0.338 e. The smallest absolute Gasteiger partial charge is 0.338 e. The van der Waals surface area contributed by atoms with Crippen molar-refractivity contribution in [1.29, 1.82) is 5.26 Å². The Labute approximate surface area is 190 Å². The zero-order valence-electron chi connectivity index (χ0n) is 19.4. The number of carbonyl (C=O) groups excluding carboxylic acids is 1. The molecule has 168 valence electrons. The van der Waals surface area contributed by atoms with E-state index in [1.807, 2.05) is 57.2 Å². The topological polar surface area (TPSA) is 83.2 Å². The molecule has 6 unspecified atom stereocenters. The van der Waals surface area contributed by atoms with Crippen molar-refractivity contribution in [2.24, 2.45) is 23.7 Å². The number of hydrogen-bond acceptors (Lipinski definition) is 5. The zero-order valence-corrected chi connectivity index (χ0v) is 19.4. The van der Waals surface area contributed by atoms with Gasteiger partial charge in [-0.25, -0.2) is 4.79 Å². The van der Waals surface area contributed by atoms with Crippen molar-refractivity contribution in [1.82, 2.24) is 4.98 Å². The van der Waals surface area contributed by atoms with Crippen LogP contribution in [0.3, 0.4) is 0 Å². The first-order valence-corrected chi connectivity index (χ1v) is 11.4. The fourth-order valence-corrected chi connectivity index (χ4v) is 5.05. The van der Waals surface area contributed by atoms with E-state index in [1.54, 1.807) is 12.3 Å². The van der Waals surface area contributed by atoms with Crippen LogP contribution in [0.1, 0.15) is 52.3 Å². The van der Waals surface area contributed by atoms with Crippen LogP contribution in [0.15, 0.2) is 48.7 Å². The van der Waals surface area contributed by atoms with Crippen LogP contribution in [0.5, 0.6) is 0 Å². The highest BCUT2D eigenvalue weighted by Gasteiger charge is 2.61. The number of cyclic esters (lactones) is 1. The number of benzene rings is 1. The van der Waals surface area contributed by atoms with Crippen molar-refractivity contribution >= 4 is 12.0 Å². The number of rotatable bonds is 3. The number of nitriles is 1. The van der Waals surface area contributed by atoms with Crippen LogP contribution in [-0.4, -0.2) is 27.8 Å². The summed E-state index contributed by atoms with van der Waals surface area (Å²) >= 11 is 0. The molecule has 32 heavy (non-hydrogen) atoms. The molecule has 6 atom stereocenters. The van der Waals surface area contributed by atoms with Crippen molar-refractivity contribution in [2.45, 2.75) is 52.7 Å². The Morgan fingerprint density at radius 3 is 2.59 bits per heavy atom. The first kappa shape index (κ1) is 23.7. The van der Waals surface area contributed by atoms with E-state index < -0.39 is 11.6 Å². The Morgan fingerprint density at radius 1 is 1.19 bits per heavy atom. The quantitative estimate of drug-likeness (QED) is 0.670. The van der Waals surface area contributed by atoms with Crippen LogP contribution < -0.4 is 0 Å². The van der Waals surface area contributed by atoms with E-state index in [9.17, 15) is 9.90 Å². The van der Waals surface area contributed by atoms with Crippen LogP contribution in [0.2, 0.25) is 0 Å². The van der Waals surface area contributed by atoms with E-state index in [0.717, 1.165) is 16.8 Å². The predicted octanol–water partition coefficient (Wildman–Crippen LogP) is 5.24. The first-order valence-electron chi connectivity index (χ1n) is 11.4. The monoisotopic (exact) mass is 432 g/mol. The van der Waals surface area contributed by atoms with Gasteiger partial charge in [-0.2, -0.15) is 5.26 Å². The van der Waals surface area contributed by atoms with Crippen molar-refractivity contribution in [3.63, 3.8) is 0 Å². The average molecular weight is 433 g/mol. The Morgan fingerprint density at radius 2 is 1.94 bits per heavy atom. The standard InChI is InChI=1S/C25H26N2O3.C2H6/c1-15-12-25(29)23(17(3)30-24(25)28)22(16(15)2)10-9-21-8-7-20(14-27-21)19-6-4-5-18(11-19)13-26;1-2/h4-11,14-17,22-23,29H,12H2,1-3H3;1-2H3/b10-9+;. The lowest BCUT2D eigenvalue weighted by Crippen LogP contribution is -2.52. The van der Waals surface area contributed by atoms with Crippen LogP contribution in [0.4, 0.5) is 0 Å². The second kappa shape index (κ2) is 9.67. The molecular formula is C27H32N2O3. The summed E-state index contributed by atoms with van der Waals surface area (Å²) in [4.78, 5) is 16.8. The fraction of sp³-hybridized carbons (Fsp3) is 0.444. The Bertz CT molecular complexity index is 1020. The molecule has 0 bridgehead atoms. The molecule has 2 fully saturated rings. The molecule has 1 aliphatic carbocycles. The SMILES string of the molecule is CC.CC1CC2(O)C(=O)OC(C)C2C(/C=C/c2ccc(-c3cccc(C#N)c3)cn2)C1C. The Balaban J connectivity index is 0.00000141. The van der Waals surface area contributed by atoms with Crippen molar-refractivity contribution < 1.29 is 14.6 Å². The number of ether oxygens (including phenoxy) is 1. The molecule has 4 rings (SSSR count). The van der Waals surface area contributed by atoms with Gasteiger partial charge in [-0.3, -0.25) is 4.98 Å². The number of aliphatic hydroxyl groups is 1. The lowest BCUT2D eigenvalue weighted by molar-refractivity contribution is -0.160. The lowest BCUT2D eigenvalue weighted by Gasteiger charge is -2.44. The van der Waals surface area contributed by atoms with Crippen molar-refractivity contribution in [2.75, 3.05) is 0 Å². The van der Waals surface area contributed by atoms with E-state index in [-0.39, 0.29) is 23.9 Å². The van der Waals surface area contributed by atoms with Gasteiger partial charge in [0, 0.05) is 17.7 Å². The second-order valence-electron chi connectivity index (χ2n) is 8.70. The fourth-order valence-electron chi connectivity index (χ4n) is 5.05. The number of esters is 1. The van der Waals surface area contributed by atoms with Crippen molar-refractivity contribution in [3.05, 3.63) is 59.9 Å². The summed E-state index contributed by atoms with van der Waals surface area (Å²) in [5.41, 5.74) is 1.92. The van der Waals surface area contributed by atoms with Crippen LogP contribution in [-0.2, 0) is 9.53 Å². The van der Waals surface area contributed by atoms with E-state index >= 15 is 0 Å². The number of carbonyl (C=O) groups is 1. The molecule has 1 aromatic carbocycles. The Kier molecular flexibility index (Phi) is 7.16. The molecule has 1 aromatic heterocycles. The van der Waals surface area contributed by atoms with Gasteiger partial charge in [0.05, 0.1) is 17.3 Å². The minimum absolute atomic E-state index is 0.0222. The molecule has 1 saturated heterocycles. The number of fused-ring (bicyclic) bond motifs is 1. The molecule has 2 heterocycles. The Hall–Kier alpha value is -2.97. The molecule has 1 saturated carbocycles. The highest BCUT2D eigenvalue weighted by atomic mass is 16.6. The summed E-state index contributed by atoms with van der Waals surface area (Å²) in [6, 6.07) is 13.5. The molecule has 1 aliphatic heterocycles. The molecule has 5 nitrogen and oxygen atoms in total. The van der Waals surface area contributed by atoms with E-state index in [0.29, 0.717) is 17.9 Å². The number of hydrogen-bond donors (Lipinski definition) is 1. The zero-order chi connectivity index (χ0) is 23.5. The third-order valence-electron chi connectivity index (χ3n) is 6.86. The number of allylic oxidation sites excluding steroid dienone is 1. The molecule has 0 amide bonds. The largest absolute Gasteiger partial charge is 0.460 e. The molecule has 2 aliphatic rings. The maximum absolute atomic E-state index is 12.3. The maximum atomic E-state index is 12.3. The summed E-state index contributed by atoms with van der Waals surface area (Å²) in [6.45, 7) is 10.1. The highest BCUT2D eigenvalue weighted by Crippen LogP contribution is 2.51. The van der Waals surface area contributed by atoms with Gasteiger partial charge in [-0.1, -0.05) is 52.0 Å². The minimum Gasteiger partial charge on any atom is -0.460 e. The van der Waals surface area contributed by atoms with Gasteiger partial charge >= 0.3 is 5.97 Å². The number of aromatic nitrogens is 1. The van der Waals surface area contributed by atoms with Gasteiger partial charge in [-0.05, 0) is 60.9 Å². The first-order chi connectivity index (χ1) is 15.3. The van der Waals surface area contributed by atoms with Gasteiger partial charge in [0.2, 0.25) is 0 Å². The van der Waals surface area contributed by atoms with Crippen LogP contribution >= 0.6 is 0 Å². The molecule has 2 aromatic rings. The minimum atomic E-state index is -1.40. The van der Waals surface area contributed by atoms with Gasteiger partial charge < -0.3 is 9.84 Å². The molecule has 5 heteroatoms. The van der Waals surface area contributed by atoms with E-state index in [4.69, 9.17) is 10.00 Å². The second-order valence-corrected chi connectivity index (χ2v) is 8.70. The molecule has 0 radical (unpaired) electrons. The summed E-state index contributed by atoms with van der Waals surface area (Å²) < 4.78 is 5.41. The third kappa shape index (κ3) is 4.33. The number of nitrogens with zero attached hydrogens (tertiary/aromatic N) is 2. The van der Waals surface area contributed by atoms with Gasteiger partial charge in [-0.15, -0.1) is 0 Å². The van der Waals surface area contributed by atoms with Crippen LogP contribution in [0.25, 0.3) is 17.2 Å². The lowest BCUT2D eigenvalue weighted by atomic mass is 9.60. The highest BCUT2D eigenvalue weighted by molar-refractivity contribution is 5.82.